The Kier molecular flexibility index (Phi) is 2.65. The Morgan fingerprint density at radius 3 is 2.75 bits per heavy atom. The number of rotatable bonds is 3. The van der Waals surface area contributed by atoms with Crippen LogP contribution in [0.25, 0.3) is 0 Å². The summed E-state index contributed by atoms with van der Waals surface area (Å²) in [6.45, 7) is 4.38. The lowest BCUT2D eigenvalue weighted by Crippen LogP contribution is -2.17. The van der Waals surface area contributed by atoms with E-state index >= 15 is 0 Å². The van der Waals surface area contributed by atoms with Crippen molar-refractivity contribution in [3.63, 3.8) is 0 Å². The summed E-state index contributed by atoms with van der Waals surface area (Å²) in [6, 6.07) is 0. The van der Waals surface area contributed by atoms with Gasteiger partial charge in [-0.25, -0.2) is 0 Å². The van der Waals surface area contributed by atoms with E-state index in [4.69, 9.17) is 9.63 Å². The minimum atomic E-state index is -0.698. The molecule has 0 radical (unpaired) electrons. The Labute approximate surface area is 71.0 Å². The van der Waals surface area contributed by atoms with E-state index in [0.717, 1.165) is 6.54 Å². The Hall–Kier alpha value is -1.10. The van der Waals surface area contributed by atoms with E-state index in [2.05, 4.69) is 10.1 Å². The van der Waals surface area contributed by atoms with Crippen LogP contribution in [0.5, 0.6) is 0 Å². The summed E-state index contributed by atoms with van der Waals surface area (Å²) in [4.78, 5) is 5.81. The molecule has 0 aliphatic rings. The van der Waals surface area contributed by atoms with Crippen LogP contribution in [0, 0.1) is 0 Å². The van der Waals surface area contributed by atoms with Crippen LogP contribution in [0.2, 0.25) is 0 Å². The quantitative estimate of drug-likeness (QED) is 0.720. The molecule has 5 nitrogen and oxygen atoms in total. The van der Waals surface area contributed by atoms with Crippen LogP contribution >= 0.6 is 0 Å². The highest BCUT2D eigenvalue weighted by molar-refractivity contribution is 5.25. The minimum absolute atomic E-state index is 0.255. The molecule has 0 aromatic carbocycles. The van der Waals surface area contributed by atoms with Crippen molar-refractivity contribution < 1.29 is 9.63 Å². The average Bonchev–Trinajstić information content (AvgIpc) is 2.51. The zero-order chi connectivity index (χ0) is 9.14. The first kappa shape index (κ1) is 8.99. The largest absolute Gasteiger partial charge is 0.384 e. The van der Waals surface area contributed by atoms with Crippen molar-refractivity contribution in [1.82, 2.24) is 10.1 Å². The molecule has 1 atom stereocenters. The normalized spacial score (nSPS) is 13.0. The molecule has 0 aliphatic heterocycles. The molecule has 5 heteroatoms. The second-order valence-corrected chi connectivity index (χ2v) is 2.62. The van der Waals surface area contributed by atoms with Crippen molar-refractivity contribution in [2.24, 2.45) is 0 Å². The smallest absolute Gasteiger partial charge is 0.265 e. The second-order valence-electron chi connectivity index (χ2n) is 2.62. The Balaban J connectivity index is 2.77. The molecule has 1 aromatic heterocycles. The van der Waals surface area contributed by atoms with Crippen LogP contribution in [-0.2, 0) is 0 Å². The van der Waals surface area contributed by atoms with Crippen LogP contribution in [-0.4, -0.2) is 28.8 Å². The Morgan fingerprint density at radius 2 is 2.33 bits per heavy atom. The Morgan fingerprint density at radius 1 is 1.67 bits per heavy atom. The van der Waals surface area contributed by atoms with E-state index in [1.54, 1.807) is 6.92 Å². The van der Waals surface area contributed by atoms with Crippen molar-refractivity contribution in [1.29, 1.82) is 0 Å². The third-order valence-electron chi connectivity index (χ3n) is 1.60. The van der Waals surface area contributed by atoms with Crippen LogP contribution in [0.4, 0.5) is 5.95 Å². The number of aliphatic hydroxyl groups is 1. The van der Waals surface area contributed by atoms with E-state index < -0.39 is 6.10 Å². The summed E-state index contributed by atoms with van der Waals surface area (Å²) in [5.41, 5.74) is 0. The average molecular weight is 171 g/mol. The molecule has 1 N–H and O–H groups in total. The van der Waals surface area contributed by atoms with Crippen LogP contribution in [0.1, 0.15) is 25.8 Å². The monoisotopic (exact) mass is 171 g/mol. The van der Waals surface area contributed by atoms with Crippen molar-refractivity contribution in [2.45, 2.75) is 20.0 Å². The summed E-state index contributed by atoms with van der Waals surface area (Å²) in [6.07, 6.45) is -0.698. The number of aromatic nitrogens is 2. The second kappa shape index (κ2) is 3.53. The minimum Gasteiger partial charge on any atom is -0.384 e. The molecule has 1 aromatic rings. The van der Waals surface area contributed by atoms with Gasteiger partial charge in [0.1, 0.15) is 6.10 Å². The van der Waals surface area contributed by atoms with E-state index in [-0.39, 0.29) is 5.89 Å². The predicted octanol–water partition coefficient (Wildman–Crippen LogP) is 0.579. The molecular weight excluding hydrogens is 158 g/mol. The van der Waals surface area contributed by atoms with E-state index in [1.807, 2.05) is 18.9 Å². The summed E-state index contributed by atoms with van der Waals surface area (Å²) in [5, 5.41) is 12.8. The van der Waals surface area contributed by atoms with Gasteiger partial charge in [0.2, 0.25) is 0 Å². The third-order valence-corrected chi connectivity index (χ3v) is 1.60. The van der Waals surface area contributed by atoms with Crippen LogP contribution < -0.4 is 4.90 Å². The summed E-state index contributed by atoms with van der Waals surface area (Å²) >= 11 is 0. The van der Waals surface area contributed by atoms with E-state index in [9.17, 15) is 0 Å². The van der Waals surface area contributed by atoms with Crippen molar-refractivity contribution >= 4 is 5.95 Å². The lowest BCUT2D eigenvalue weighted by atomic mass is 10.4. The zero-order valence-corrected chi connectivity index (χ0v) is 7.48. The molecule has 68 valence electrons. The van der Waals surface area contributed by atoms with Gasteiger partial charge in [-0.3, -0.25) is 0 Å². The van der Waals surface area contributed by atoms with Gasteiger partial charge >= 0.3 is 0 Å². The van der Waals surface area contributed by atoms with Crippen molar-refractivity contribution in [3.05, 3.63) is 5.89 Å². The molecule has 0 saturated heterocycles. The Bertz CT molecular complexity index is 247. The number of nitrogens with zero attached hydrogens (tertiary/aromatic N) is 3. The third kappa shape index (κ3) is 1.73. The van der Waals surface area contributed by atoms with Gasteiger partial charge in [-0.1, -0.05) is 0 Å². The lowest BCUT2D eigenvalue weighted by molar-refractivity contribution is 0.152. The van der Waals surface area contributed by atoms with Gasteiger partial charge in [0.15, 0.2) is 0 Å². The topological polar surface area (TPSA) is 62.4 Å². The maximum Gasteiger partial charge on any atom is 0.265 e. The lowest BCUT2D eigenvalue weighted by Gasteiger charge is -2.08. The fourth-order valence-electron chi connectivity index (χ4n) is 0.693. The summed E-state index contributed by atoms with van der Waals surface area (Å²) in [7, 11) is 1.86. The fraction of sp³-hybridized carbons (Fsp3) is 0.714. The molecule has 0 fully saturated rings. The van der Waals surface area contributed by atoms with Crippen LogP contribution in [0.3, 0.4) is 0 Å². The maximum atomic E-state index is 9.08. The molecule has 12 heavy (non-hydrogen) atoms. The van der Waals surface area contributed by atoms with Gasteiger partial charge in [-0.15, -0.1) is 0 Å². The molecule has 1 unspecified atom stereocenters. The zero-order valence-electron chi connectivity index (χ0n) is 7.48. The van der Waals surface area contributed by atoms with Gasteiger partial charge < -0.3 is 14.5 Å². The first-order chi connectivity index (χ1) is 5.65. The first-order valence-corrected chi connectivity index (χ1v) is 3.88. The van der Waals surface area contributed by atoms with E-state index in [0.29, 0.717) is 5.95 Å². The SMILES string of the molecule is CCN(C)c1noc(C(C)O)n1. The van der Waals surface area contributed by atoms with Gasteiger partial charge in [-0.2, -0.15) is 4.98 Å². The highest BCUT2D eigenvalue weighted by atomic mass is 16.5. The molecule has 0 spiro atoms. The number of hydrogen-bond acceptors (Lipinski definition) is 5. The summed E-state index contributed by atoms with van der Waals surface area (Å²) < 4.78 is 4.80. The van der Waals surface area contributed by atoms with Crippen LogP contribution in [0.15, 0.2) is 4.52 Å². The number of aliphatic hydroxyl groups excluding tert-OH is 1. The fourth-order valence-corrected chi connectivity index (χ4v) is 0.693. The van der Waals surface area contributed by atoms with Gasteiger partial charge in [0, 0.05) is 13.6 Å². The number of hydrogen-bond donors (Lipinski definition) is 1. The number of anilines is 1. The molecular formula is C7H13N3O2. The molecule has 1 rings (SSSR count). The standard InChI is InChI=1S/C7H13N3O2/c1-4-10(3)7-8-6(5(2)11)12-9-7/h5,11H,4H2,1-3H3. The predicted molar refractivity (Wildman–Crippen MR) is 43.9 cm³/mol. The highest BCUT2D eigenvalue weighted by Gasteiger charge is 2.12. The van der Waals surface area contributed by atoms with Gasteiger partial charge in [0.25, 0.3) is 11.8 Å². The molecule has 1 heterocycles. The maximum absolute atomic E-state index is 9.08. The van der Waals surface area contributed by atoms with Gasteiger partial charge in [-0.05, 0) is 19.0 Å². The highest BCUT2D eigenvalue weighted by Crippen LogP contribution is 2.12. The first-order valence-electron chi connectivity index (χ1n) is 3.88. The van der Waals surface area contributed by atoms with Gasteiger partial charge in [0.05, 0.1) is 0 Å². The molecule has 0 amide bonds. The molecule has 0 aliphatic carbocycles. The van der Waals surface area contributed by atoms with E-state index in [1.165, 1.54) is 0 Å². The summed E-state index contributed by atoms with van der Waals surface area (Å²) in [5.74, 6) is 0.763. The molecule has 0 bridgehead atoms. The van der Waals surface area contributed by atoms with Crippen molar-refractivity contribution in [3.8, 4) is 0 Å². The van der Waals surface area contributed by atoms with Crippen molar-refractivity contribution in [2.75, 3.05) is 18.5 Å². The molecule has 0 saturated carbocycles.